The van der Waals surface area contributed by atoms with E-state index in [0.717, 1.165) is 11.4 Å². The molecule has 0 aromatic heterocycles. The predicted octanol–water partition coefficient (Wildman–Crippen LogP) is 2.15. The minimum atomic E-state index is 0.928. The minimum Gasteiger partial charge on any atom is -0.255 e. The van der Waals surface area contributed by atoms with Crippen molar-refractivity contribution >= 4 is 17.6 Å². The lowest BCUT2D eigenvalue weighted by atomic mass is 10.3. The summed E-state index contributed by atoms with van der Waals surface area (Å²) in [6.45, 7) is 0. The molecule has 53 valence electrons. The maximum atomic E-state index is 4.18. The first kappa shape index (κ1) is 6.16. The van der Waals surface area contributed by atoms with Crippen molar-refractivity contribution in [1.82, 2.24) is 5.32 Å². The van der Waals surface area contributed by atoms with Crippen LogP contribution in [0.5, 0.6) is 0 Å². The molecule has 0 saturated carbocycles. The first-order valence-corrected chi connectivity index (χ1v) is 3.46. The van der Waals surface area contributed by atoms with E-state index in [0.29, 0.717) is 0 Å². The van der Waals surface area contributed by atoms with E-state index in [1.807, 2.05) is 30.3 Å². The summed E-state index contributed by atoms with van der Waals surface area (Å²) < 4.78 is 0. The second-order valence-electron chi connectivity index (χ2n) is 2.24. The lowest BCUT2D eigenvalue weighted by Crippen LogP contribution is -1.82. The van der Waals surface area contributed by atoms with Crippen LogP contribution in [0.25, 0.3) is 0 Å². The van der Waals surface area contributed by atoms with Gasteiger partial charge in [0.05, 0.1) is 11.4 Å². The molecule has 1 aromatic rings. The molecule has 2 heteroatoms. The molecule has 0 amide bonds. The highest BCUT2D eigenvalue weighted by Crippen LogP contribution is 2.24. The van der Waals surface area contributed by atoms with Crippen LogP contribution in [0.4, 0.5) is 11.4 Å². The molecule has 0 atom stereocenters. The topological polar surface area (TPSA) is 26.5 Å². The Morgan fingerprint density at radius 2 is 1.82 bits per heavy atom. The molecule has 0 fully saturated rings. The Balaban J connectivity index is 2.52. The van der Waals surface area contributed by atoms with Crippen molar-refractivity contribution in [3.05, 3.63) is 36.5 Å². The third-order valence-corrected chi connectivity index (χ3v) is 1.48. The van der Waals surface area contributed by atoms with E-state index < -0.39 is 0 Å². The number of rotatable bonds is 0. The maximum Gasteiger partial charge on any atom is 0.0886 e. The summed E-state index contributed by atoms with van der Waals surface area (Å²) in [7, 11) is 0. The first-order valence-electron chi connectivity index (χ1n) is 3.46. The Labute approximate surface area is 65.3 Å². The molecule has 0 saturated heterocycles. The zero-order chi connectivity index (χ0) is 7.52. The fraction of sp³-hybridized carbons (Fsp3) is 0. The molecule has 0 aliphatic carbocycles. The number of para-hydroxylation sites is 2. The maximum absolute atomic E-state index is 4.18. The number of aliphatic imine (C=N–C) groups is 1. The van der Waals surface area contributed by atoms with Gasteiger partial charge in [0.1, 0.15) is 0 Å². The highest BCUT2D eigenvalue weighted by molar-refractivity contribution is 5.79. The Hall–Kier alpha value is -1.57. The Morgan fingerprint density at radius 1 is 1.00 bits per heavy atom. The second kappa shape index (κ2) is 2.58. The summed E-state index contributed by atoms with van der Waals surface area (Å²) in [4.78, 5) is 4.18. The molecule has 0 N–H and O–H groups in total. The van der Waals surface area contributed by atoms with Crippen molar-refractivity contribution in [3.63, 3.8) is 0 Å². The van der Waals surface area contributed by atoms with Crippen LogP contribution in [0.2, 0.25) is 0 Å². The second-order valence-corrected chi connectivity index (χ2v) is 2.24. The summed E-state index contributed by atoms with van der Waals surface area (Å²) in [6, 6.07) is 7.80. The molecule has 2 rings (SSSR count). The van der Waals surface area contributed by atoms with Gasteiger partial charge in [0, 0.05) is 12.4 Å². The molecule has 1 aromatic carbocycles. The molecule has 2 nitrogen and oxygen atoms in total. The first-order chi connectivity index (χ1) is 5.47. The van der Waals surface area contributed by atoms with Crippen LogP contribution in [-0.2, 0) is 0 Å². The minimum absolute atomic E-state index is 0.928. The fourth-order valence-electron chi connectivity index (χ4n) is 0.968. The van der Waals surface area contributed by atoms with E-state index >= 15 is 0 Å². The van der Waals surface area contributed by atoms with Crippen molar-refractivity contribution < 1.29 is 0 Å². The zero-order valence-corrected chi connectivity index (χ0v) is 5.94. The quantitative estimate of drug-likeness (QED) is 0.532. The van der Waals surface area contributed by atoms with Crippen molar-refractivity contribution in [1.29, 1.82) is 0 Å². The molecular weight excluding hydrogens is 136 g/mol. The summed E-state index contributed by atoms with van der Waals surface area (Å²) in [5.74, 6) is 0. The highest BCUT2D eigenvalue weighted by Gasteiger charge is 1.98. The Morgan fingerprint density at radius 3 is 2.73 bits per heavy atom. The number of hydrogen-bond donors (Lipinski definition) is 0. The van der Waals surface area contributed by atoms with E-state index in [1.165, 1.54) is 0 Å². The third kappa shape index (κ3) is 1.15. The number of fused-ring (bicyclic) bond motifs is 1. The number of benzene rings is 1. The third-order valence-electron chi connectivity index (χ3n) is 1.48. The van der Waals surface area contributed by atoms with Crippen molar-refractivity contribution in [2.45, 2.75) is 0 Å². The molecule has 0 unspecified atom stereocenters. The van der Waals surface area contributed by atoms with E-state index in [1.54, 1.807) is 12.4 Å². The molecular formula is C9H7N2. The zero-order valence-electron chi connectivity index (χ0n) is 5.94. The van der Waals surface area contributed by atoms with Gasteiger partial charge < -0.3 is 0 Å². The van der Waals surface area contributed by atoms with Gasteiger partial charge in [-0.05, 0) is 18.2 Å². The summed E-state index contributed by atoms with van der Waals surface area (Å²) in [5.41, 5.74) is 1.86. The normalized spacial score (nSPS) is 13.5. The van der Waals surface area contributed by atoms with E-state index in [4.69, 9.17) is 0 Å². The monoisotopic (exact) mass is 143 g/mol. The van der Waals surface area contributed by atoms with Crippen molar-refractivity contribution in [2.24, 2.45) is 4.99 Å². The molecule has 1 aliphatic heterocycles. The highest BCUT2D eigenvalue weighted by atomic mass is 14.9. The van der Waals surface area contributed by atoms with Gasteiger partial charge in [-0.15, -0.1) is 0 Å². The van der Waals surface area contributed by atoms with Gasteiger partial charge in [-0.3, -0.25) is 10.3 Å². The van der Waals surface area contributed by atoms with Gasteiger partial charge in [-0.25, -0.2) is 0 Å². The molecule has 1 radical (unpaired) electrons. The Bertz CT molecular complexity index is 313. The molecule has 11 heavy (non-hydrogen) atoms. The lowest BCUT2D eigenvalue weighted by molar-refractivity contribution is 1.18. The fourth-order valence-corrected chi connectivity index (χ4v) is 0.968. The average Bonchev–Trinajstić information content (AvgIpc) is 2.28. The SMILES string of the molecule is C1=C[N]c2ccccc2N=C1. The van der Waals surface area contributed by atoms with Crippen LogP contribution in [0, 0.1) is 0 Å². The standard InChI is InChI=1S/C9H7N2/c1-2-5-9-8(4-1)10-6-3-7-11-9/h1-7H. The van der Waals surface area contributed by atoms with E-state index in [-0.39, 0.29) is 0 Å². The number of hydrogen-bond acceptors (Lipinski definition) is 1. The van der Waals surface area contributed by atoms with Gasteiger partial charge in [0.2, 0.25) is 0 Å². The van der Waals surface area contributed by atoms with E-state index in [2.05, 4.69) is 10.3 Å². The predicted molar refractivity (Wildman–Crippen MR) is 45.5 cm³/mol. The molecule has 0 bridgehead atoms. The van der Waals surface area contributed by atoms with Gasteiger partial charge in [0.15, 0.2) is 0 Å². The van der Waals surface area contributed by atoms with E-state index in [9.17, 15) is 0 Å². The molecule has 1 aliphatic rings. The van der Waals surface area contributed by atoms with Crippen molar-refractivity contribution in [3.8, 4) is 0 Å². The summed E-state index contributed by atoms with van der Waals surface area (Å²) in [5, 5.41) is 4.18. The lowest BCUT2D eigenvalue weighted by Gasteiger charge is -1.98. The van der Waals surface area contributed by atoms with Crippen LogP contribution in [0.3, 0.4) is 0 Å². The smallest absolute Gasteiger partial charge is 0.0886 e. The van der Waals surface area contributed by atoms with Crippen LogP contribution in [-0.4, -0.2) is 6.21 Å². The van der Waals surface area contributed by atoms with Crippen LogP contribution < -0.4 is 5.32 Å². The molecule has 1 heterocycles. The van der Waals surface area contributed by atoms with Gasteiger partial charge >= 0.3 is 0 Å². The molecule has 0 spiro atoms. The Kier molecular flexibility index (Phi) is 1.44. The summed E-state index contributed by atoms with van der Waals surface area (Å²) in [6.07, 6.45) is 5.31. The van der Waals surface area contributed by atoms with Crippen molar-refractivity contribution in [2.75, 3.05) is 0 Å². The number of nitrogens with zero attached hydrogens (tertiary/aromatic N) is 2. The van der Waals surface area contributed by atoms with Crippen LogP contribution >= 0.6 is 0 Å². The van der Waals surface area contributed by atoms with Crippen LogP contribution in [0.15, 0.2) is 41.5 Å². The van der Waals surface area contributed by atoms with Crippen LogP contribution in [0.1, 0.15) is 0 Å². The van der Waals surface area contributed by atoms with Gasteiger partial charge in [-0.1, -0.05) is 12.1 Å². The average molecular weight is 143 g/mol. The largest absolute Gasteiger partial charge is 0.255 e. The summed E-state index contributed by atoms with van der Waals surface area (Å²) >= 11 is 0. The van der Waals surface area contributed by atoms with Gasteiger partial charge in [0.25, 0.3) is 0 Å². The van der Waals surface area contributed by atoms with Gasteiger partial charge in [-0.2, -0.15) is 0 Å². The number of allylic oxidation sites excluding steroid dienone is 1.